The molecule has 3 fully saturated rings. The molecule has 18 heavy (non-hydrogen) atoms. The summed E-state index contributed by atoms with van der Waals surface area (Å²) in [5, 5.41) is 3.64. The summed E-state index contributed by atoms with van der Waals surface area (Å²) < 4.78 is 6.23. The fraction of sp³-hybridized carbons (Fsp3) is 1.00. The molecule has 0 aromatic rings. The summed E-state index contributed by atoms with van der Waals surface area (Å²) in [6, 6.07) is 0.765. The minimum Gasteiger partial charge on any atom is -0.375 e. The number of hydrogen-bond donors (Lipinski definition) is 1. The van der Waals surface area contributed by atoms with Gasteiger partial charge in [-0.1, -0.05) is 25.7 Å². The van der Waals surface area contributed by atoms with E-state index < -0.39 is 0 Å². The van der Waals surface area contributed by atoms with Gasteiger partial charge in [0.2, 0.25) is 0 Å². The third-order valence-electron chi connectivity index (χ3n) is 5.79. The van der Waals surface area contributed by atoms with E-state index in [1.54, 1.807) is 0 Å². The van der Waals surface area contributed by atoms with E-state index in [-0.39, 0.29) is 5.60 Å². The molecule has 1 spiro atoms. The largest absolute Gasteiger partial charge is 0.375 e. The van der Waals surface area contributed by atoms with E-state index in [4.69, 9.17) is 4.74 Å². The molecule has 1 saturated heterocycles. The zero-order chi connectivity index (χ0) is 12.4. The van der Waals surface area contributed by atoms with Gasteiger partial charge in [0.1, 0.15) is 0 Å². The molecular formula is C16H29NO. The lowest BCUT2D eigenvalue weighted by atomic mass is 9.68. The molecule has 104 valence electrons. The highest BCUT2D eigenvalue weighted by Gasteiger charge is 2.42. The van der Waals surface area contributed by atoms with Gasteiger partial charge in [0.05, 0.1) is 5.60 Å². The summed E-state index contributed by atoms with van der Waals surface area (Å²) in [5.74, 6) is 1.82. The lowest BCUT2D eigenvalue weighted by Gasteiger charge is -2.48. The van der Waals surface area contributed by atoms with E-state index in [9.17, 15) is 0 Å². The number of ether oxygens (including phenoxy) is 1. The van der Waals surface area contributed by atoms with Crippen LogP contribution in [0.15, 0.2) is 0 Å². The monoisotopic (exact) mass is 251 g/mol. The second-order valence-corrected chi connectivity index (χ2v) is 6.85. The van der Waals surface area contributed by atoms with Crippen molar-refractivity contribution in [3.8, 4) is 0 Å². The van der Waals surface area contributed by atoms with E-state index in [0.717, 1.165) is 24.5 Å². The molecule has 2 aliphatic carbocycles. The van der Waals surface area contributed by atoms with Crippen molar-refractivity contribution in [3.05, 3.63) is 0 Å². The first-order valence-electron chi connectivity index (χ1n) is 8.14. The average molecular weight is 251 g/mol. The highest BCUT2D eigenvalue weighted by molar-refractivity contribution is 4.95. The quantitative estimate of drug-likeness (QED) is 0.829. The Kier molecular flexibility index (Phi) is 3.95. The van der Waals surface area contributed by atoms with E-state index in [0.29, 0.717) is 0 Å². The number of nitrogens with one attached hydrogen (secondary N) is 1. The molecule has 2 saturated carbocycles. The Morgan fingerprint density at radius 2 is 1.78 bits per heavy atom. The molecule has 0 aromatic heterocycles. The summed E-state index contributed by atoms with van der Waals surface area (Å²) in [6.45, 7) is 1.01. The van der Waals surface area contributed by atoms with Crippen molar-refractivity contribution in [2.24, 2.45) is 11.8 Å². The Labute approximate surface area is 112 Å². The summed E-state index contributed by atoms with van der Waals surface area (Å²) in [6.07, 6.45) is 13.8. The fourth-order valence-electron chi connectivity index (χ4n) is 4.57. The summed E-state index contributed by atoms with van der Waals surface area (Å²) >= 11 is 0. The van der Waals surface area contributed by atoms with Crippen LogP contribution < -0.4 is 5.32 Å². The van der Waals surface area contributed by atoms with Gasteiger partial charge >= 0.3 is 0 Å². The zero-order valence-electron chi connectivity index (χ0n) is 11.9. The van der Waals surface area contributed by atoms with Crippen LogP contribution >= 0.6 is 0 Å². The van der Waals surface area contributed by atoms with Gasteiger partial charge in [0, 0.05) is 12.6 Å². The lowest BCUT2D eigenvalue weighted by Crippen LogP contribution is -2.50. The van der Waals surface area contributed by atoms with Gasteiger partial charge < -0.3 is 10.1 Å². The molecule has 0 bridgehead atoms. The Hall–Kier alpha value is -0.0800. The maximum absolute atomic E-state index is 6.23. The van der Waals surface area contributed by atoms with Crippen molar-refractivity contribution in [2.45, 2.75) is 75.9 Å². The fourth-order valence-corrected chi connectivity index (χ4v) is 4.57. The predicted molar refractivity (Wildman–Crippen MR) is 74.7 cm³/mol. The maximum Gasteiger partial charge on any atom is 0.0685 e. The van der Waals surface area contributed by atoms with Crippen molar-refractivity contribution in [1.82, 2.24) is 5.32 Å². The molecule has 0 radical (unpaired) electrons. The number of hydrogen-bond acceptors (Lipinski definition) is 2. The van der Waals surface area contributed by atoms with Crippen molar-refractivity contribution < 1.29 is 4.74 Å². The third-order valence-corrected chi connectivity index (χ3v) is 5.79. The molecule has 1 heterocycles. The Morgan fingerprint density at radius 3 is 2.39 bits per heavy atom. The van der Waals surface area contributed by atoms with Crippen molar-refractivity contribution in [2.75, 3.05) is 13.7 Å². The van der Waals surface area contributed by atoms with E-state index in [1.165, 1.54) is 64.2 Å². The SMILES string of the molecule is CNC(C1CCC1)C1CCOC2(CCCCC2)C1. The van der Waals surface area contributed by atoms with Crippen LogP contribution in [-0.4, -0.2) is 25.3 Å². The molecule has 0 aromatic carbocycles. The molecule has 1 aliphatic heterocycles. The second kappa shape index (κ2) is 5.50. The van der Waals surface area contributed by atoms with Gasteiger partial charge in [-0.3, -0.25) is 0 Å². The molecule has 0 amide bonds. The van der Waals surface area contributed by atoms with Gasteiger partial charge in [0.15, 0.2) is 0 Å². The van der Waals surface area contributed by atoms with Crippen LogP contribution in [0.2, 0.25) is 0 Å². The smallest absolute Gasteiger partial charge is 0.0685 e. The second-order valence-electron chi connectivity index (χ2n) is 6.85. The topological polar surface area (TPSA) is 21.3 Å². The van der Waals surface area contributed by atoms with Crippen LogP contribution in [-0.2, 0) is 4.74 Å². The van der Waals surface area contributed by atoms with Crippen molar-refractivity contribution in [1.29, 1.82) is 0 Å². The Balaban J connectivity index is 1.64. The summed E-state index contributed by atoms with van der Waals surface area (Å²) in [7, 11) is 2.17. The Bertz CT molecular complexity index is 263. The third kappa shape index (κ3) is 2.46. The first-order valence-corrected chi connectivity index (χ1v) is 8.14. The van der Waals surface area contributed by atoms with Crippen LogP contribution in [0.25, 0.3) is 0 Å². The molecule has 2 unspecified atom stereocenters. The van der Waals surface area contributed by atoms with E-state index >= 15 is 0 Å². The summed E-state index contributed by atoms with van der Waals surface area (Å²) in [4.78, 5) is 0. The van der Waals surface area contributed by atoms with Gasteiger partial charge in [-0.15, -0.1) is 0 Å². The van der Waals surface area contributed by atoms with Crippen LogP contribution in [0, 0.1) is 11.8 Å². The lowest BCUT2D eigenvalue weighted by molar-refractivity contribution is -0.125. The number of rotatable bonds is 3. The first kappa shape index (κ1) is 12.9. The van der Waals surface area contributed by atoms with Crippen molar-refractivity contribution in [3.63, 3.8) is 0 Å². The predicted octanol–water partition coefficient (Wildman–Crippen LogP) is 3.50. The molecular weight excluding hydrogens is 222 g/mol. The van der Waals surface area contributed by atoms with Gasteiger partial charge in [-0.05, 0) is 57.4 Å². The van der Waals surface area contributed by atoms with Crippen molar-refractivity contribution >= 4 is 0 Å². The van der Waals surface area contributed by atoms with E-state index in [2.05, 4.69) is 12.4 Å². The van der Waals surface area contributed by atoms with Crippen LogP contribution in [0.1, 0.15) is 64.2 Å². The molecule has 2 atom stereocenters. The molecule has 3 aliphatic rings. The molecule has 1 N–H and O–H groups in total. The Morgan fingerprint density at radius 1 is 1.00 bits per heavy atom. The minimum atomic E-state index is 0.278. The highest BCUT2D eigenvalue weighted by atomic mass is 16.5. The van der Waals surface area contributed by atoms with Crippen LogP contribution in [0.3, 0.4) is 0 Å². The van der Waals surface area contributed by atoms with Gasteiger partial charge in [-0.25, -0.2) is 0 Å². The first-order chi connectivity index (χ1) is 8.83. The standard InChI is InChI=1S/C16H29NO/c1-17-15(13-6-5-7-13)14-8-11-18-16(12-14)9-3-2-4-10-16/h13-15,17H,2-12H2,1H3. The zero-order valence-corrected chi connectivity index (χ0v) is 11.9. The molecule has 2 nitrogen and oxygen atoms in total. The van der Waals surface area contributed by atoms with Gasteiger partial charge in [0.25, 0.3) is 0 Å². The van der Waals surface area contributed by atoms with E-state index in [1.807, 2.05) is 0 Å². The van der Waals surface area contributed by atoms with Gasteiger partial charge in [-0.2, -0.15) is 0 Å². The van der Waals surface area contributed by atoms with Crippen LogP contribution in [0.5, 0.6) is 0 Å². The van der Waals surface area contributed by atoms with Crippen LogP contribution in [0.4, 0.5) is 0 Å². The summed E-state index contributed by atoms with van der Waals surface area (Å²) in [5.41, 5.74) is 0.278. The molecule has 2 heteroatoms. The highest BCUT2D eigenvalue weighted by Crippen LogP contribution is 2.44. The maximum atomic E-state index is 6.23. The molecule has 3 rings (SSSR count). The normalized spacial score (nSPS) is 34.2. The minimum absolute atomic E-state index is 0.278. The average Bonchev–Trinajstić information content (AvgIpc) is 2.34.